The zero-order valence-corrected chi connectivity index (χ0v) is 13.7. The average molecular weight is 313 g/mol. The van der Waals surface area contributed by atoms with Gasteiger partial charge in [0.1, 0.15) is 5.82 Å². The van der Waals surface area contributed by atoms with Crippen molar-refractivity contribution in [3.63, 3.8) is 0 Å². The molecule has 1 aromatic rings. The van der Waals surface area contributed by atoms with Crippen LogP contribution in [-0.4, -0.2) is 24.0 Å². The van der Waals surface area contributed by atoms with Crippen LogP contribution in [0.3, 0.4) is 0 Å². The normalized spacial score (nSPS) is 17.9. The van der Waals surface area contributed by atoms with Gasteiger partial charge in [-0.1, -0.05) is 44.4 Å². The van der Waals surface area contributed by atoms with E-state index in [1.54, 1.807) is 12.1 Å². The minimum Gasteiger partial charge on any atom is -0.329 e. The number of rotatable bonds is 6. The highest BCUT2D eigenvalue weighted by atomic mass is 35.5. The number of halogens is 2. The molecule has 0 aliphatic heterocycles. The van der Waals surface area contributed by atoms with E-state index >= 15 is 0 Å². The molecule has 0 radical (unpaired) electrons. The average Bonchev–Trinajstić information content (AvgIpc) is 2.94. The lowest BCUT2D eigenvalue weighted by molar-refractivity contribution is 0.119. The van der Waals surface area contributed by atoms with E-state index in [0.29, 0.717) is 29.1 Å². The van der Waals surface area contributed by atoms with Crippen LogP contribution in [0.5, 0.6) is 0 Å². The van der Waals surface area contributed by atoms with Crippen molar-refractivity contribution in [2.75, 3.05) is 13.1 Å². The summed E-state index contributed by atoms with van der Waals surface area (Å²) in [6.45, 7) is 5.79. The van der Waals surface area contributed by atoms with Gasteiger partial charge in [0.25, 0.3) is 0 Å². The SMILES string of the molecule is CC(C)CN(C1CCCC1)C(CN)c1ccc(Cl)cc1F. The molecule has 1 aliphatic carbocycles. The molecule has 0 bridgehead atoms. The van der Waals surface area contributed by atoms with Crippen molar-refractivity contribution in [1.29, 1.82) is 0 Å². The Labute approximate surface area is 132 Å². The van der Waals surface area contributed by atoms with Crippen molar-refractivity contribution in [3.05, 3.63) is 34.6 Å². The molecule has 21 heavy (non-hydrogen) atoms. The summed E-state index contributed by atoms with van der Waals surface area (Å²) in [6, 6.07) is 5.40. The molecule has 4 heteroatoms. The van der Waals surface area contributed by atoms with E-state index in [-0.39, 0.29) is 11.9 Å². The first-order valence-electron chi connectivity index (χ1n) is 7.93. The van der Waals surface area contributed by atoms with Crippen LogP contribution in [-0.2, 0) is 0 Å². The van der Waals surface area contributed by atoms with E-state index in [4.69, 9.17) is 17.3 Å². The number of benzene rings is 1. The molecule has 2 N–H and O–H groups in total. The highest BCUT2D eigenvalue weighted by molar-refractivity contribution is 6.30. The van der Waals surface area contributed by atoms with E-state index in [9.17, 15) is 4.39 Å². The van der Waals surface area contributed by atoms with Crippen LogP contribution in [0.2, 0.25) is 5.02 Å². The Hall–Kier alpha value is -0.640. The highest BCUT2D eigenvalue weighted by Crippen LogP contribution is 2.33. The summed E-state index contributed by atoms with van der Waals surface area (Å²) in [5.74, 6) is 0.291. The fourth-order valence-corrected chi connectivity index (χ4v) is 3.56. The van der Waals surface area contributed by atoms with Gasteiger partial charge in [0.15, 0.2) is 0 Å². The van der Waals surface area contributed by atoms with Crippen molar-refractivity contribution in [2.45, 2.75) is 51.6 Å². The highest BCUT2D eigenvalue weighted by Gasteiger charge is 2.30. The molecular formula is C17H26ClFN2. The van der Waals surface area contributed by atoms with Gasteiger partial charge in [-0.05, 0) is 30.9 Å². The van der Waals surface area contributed by atoms with Crippen molar-refractivity contribution < 1.29 is 4.39 Å². The Balaban J connectivity index is 2.29. The van der Waals surface area contributed by atoms with Crippen LogP contribution in [0.4, 0.5) is 4.39 Å². The monoisotopic (exact) mass is 312 g/mol. The maximum Gasteiger partial charge on any atom is 0.129 e. The van der Waals surface area contributed by atoms with Crippen LogP contribution in [0.15, 0.2) is 18.2 Å². The fourth-order valence-electron chi connectivity index (χ4n) is 3.40. The molecule has 1 fully saturated rings. The summed E-state index contributed by atoms with van der Waals surface area (Å²) in [4.78, 5) is 2.42. The quantitative estimate of drug-likeness (QED) is 0.844. The molecule has 1 unspecified atom stereocenters. The van der Waals surface area contributed by atoms with Gasteiger partial charge < -0.3 is 5.73 Å². The van der Waals surface area contributed by atoms with Crippen LogP contribution < -0.4 is 5.73 Å². The second-order valence-corrected chi connectivity index (χ2v) is 6.88. The smallest absolute Gasteiger partial charge is 0.129 e. The molecule has 0 saturated heterocycles. The number of nitrogens with zero attached hydrogens (tertiary/aromatic N) is 1. The zero-order chi connectivity index (χ0) is 15.4. The van der Waals surface area contributed by atoms with Crippen molar-refractivity contribution in [1.82, 2.24) is 4.90 Å². The van der Waals surface area contributed by atoms with Gasteiger partial charge in [-0.3, -0.25) is 4.90 Å². The Morgan fingerprint density at radius 2 is 2.00 bits per heavy atom. The summed E-state index contributed by atoms with van der Waals surface area (Å²) in [6.07, 6.45) is 4.91. The molecule has 0 heterocycles. The predicted octanol–water partition coefficient (Wildman–Crippen LogP) is 4.38. The van der Waals surface area contributed by atoms with E-state index in [0.717, 1.165) is 6.54 Å². The van der Waals surface area contributed by atoms with Crippen LogP contribution in [0, 0.1) is 11.7 Å². The molecule has 0 amide bonds. The largest absolute Gasteiger partial charge is 0.329 e. The third-order valence-electron chi connectivity index (χ3n) is 4.31. The Morgan fingerprint density at radius 3 is 2.52 bits per heavy atom. The summed E-state index contributed by atoms with van der Waals surface area (Å²) in [5.41, 5.74) is 6.69. The maximum atomic E-state index is 14.3. The molecule has 1 saturated carbocycles. The first-order chi connectivity index (χ1) is 10.0. The minimum atomic E-state index is -0.246. The minimum absolute atomic E-state index is 0.0623. The third kappa shape index (κ3) is 4.18. The van der Waals surface area contributed by atoms with E-state index < -0.39 is 0 Å². The lowest BCUT2D eigenvalue weighted by Crippen LogP contribution is -2.42. The second-order valence-electron chi connectivity index (χ2n) is 6.45. The van der Waals surface area contributed by atoms with Crippen LogP contribution in [0.1, 0.15) is 51.1 Å². The first kappa shape index (κ1) is 16.7. The predicted molar refractivity (Wildman–Crippen MR) is 87.0 cm³/mol. The molecule has 1 atom stereocenters. The standard InChI is InChI=1S/C17H26ClFN2/c1-12(2)11-21(14-5-3-4-6-14)17(10-20)15-8-7-13(18)9-16(15)19/h7-9,12,14,17H,3-6,10-11,20H2,1-2H3. The lowest BCUT2D eigenvalue weighted by Gasteiger charge is -2.37. The second kappa shape index (κ2) is 7.57. The van der Waals surface area contributed by atoms with Gasteiger partial charge in [0, 0.05) is 29.7 Å². The number of hydrogen-bond donors (Lipinski definition) is 1. The number of nitrogens with two attached hydrogens (primary N) is 1. The van der Waals surface area contributed by atoms with Crippen molar-refractivity contribution >= 4 is 11.6 Å². The molecular weight excluding hydrogens is 287 g/mol. The molecule has 2 nitrogen and oxygen atoms in total. The molecule has 2 rings (SSSR count). The van der Waals surface area contributed by atoms with E-state index in [1.165, 1.54) is 31.7 Å². The van der Waals surface area contributed by atoms with Gasteiger partial charge in [0.2, 0.25) is 0 Å². The first-order valence-corrected chi connectivity index (χ1v) is 8.31. The van der Waals surface area contributed by atoms with Gasteiger partial charge in [-0.15, -0.1) is 0 Å². The van der Waals surface area contributed by atoms with Crippen molar-refractivity contribution in [3.8, 4) is 0 Å². The summed E-state index contributed by atoms with van der Waals surface area (Å²) in [7, 11) is 0. The van der Waals surface area contributed by atoms with E-state index in [2.05, 4.69) is 18.7 Å². The Kier molecular flexibility index (Phi) is 6.03. The molecule has 1 aliphatic rings. The van der Waals surface area contributed by atoms with Crippen LogP contribution in [0.25, 0.3) is 0 Å². The maximum absolute atomic E-state index is 14.3. The summed E-state index contributed by atoms with van der Waals surface area (Å²) in [5, 5.41) is 0.434. The summed E-state index contributed by atoms with van der Waals surface area (Å²) >= 11 is 5.87. The van der Waals surface area contributed by atoms with Gasteiger partial charge in [0.05, 0.1) is 6.04 Å². The molecule has 1 aromatic carbocycles. The molecule has 118 valence electrons. The van der Waals surface area contributed by atoms with Gasteiger partial charge in [-0.25, -0.2) is 4.39 Å². The van der Waals surface area contributed by atoms with Gasteiger partial charge in [-0.2, -0.15) is 0 Å². The van der Waals surface area contributed by atoms with Gasteiger partial charge >= 0.3 is 0 Å². The van der Waals surface area contributed by atoms with Crippen molar-refractivity contribution in [2.24, 2.45) is 11.7 Å². The topological polar surface area (TPSA) is 29.3 Å². The third-order valence-corrected chi connectivity index (χ3v) is 4.55. The molecule has 0 spiro atoms. The lowest BCUT2D eigenvalue weighted by atomic mass is 10.00. The van der Waals surface area contributed by atoms with E-state index in [1.807, 2.05) is 0 Å². The number of hydrogen-bond acceptors (Lipinski definition) is 2. The molecule has 0 aromatic heterocycles. The zero-order valence-electron chi connectivity index (χ0n) is 13.0. The van der Waals surface area contributed by atoms with Crippen LogP contribution >= 0.6 is 11.6 Å². The Morgan fingerprint density at radius 1 is 1.33 bits per heavy atom. The Bertz CT molecular complexity index is 458. The summed E-state index contributed by atoms with van der Waals surface area (Å²) < 4.78 is 14.3. The fraction of sp³-hybridized carbons (Fsp3) is 0.647.